The van der Waals surface area contributed by atoms with Crippen LogP contribution < -0.4 is 5.73 Å². The van der Waals surface area contributed by atoms with E-state index >= 15 is 0 Å². The Bertz CT molecular complexity index is 244. The van der Waals surface area contributed by atoms with Gasteiger partial charge in [0.05, 0.1) is 0 Å². The molecule has 0 radical (unpaired) electrons. The predicted molar refractivity (Wildman–Crippen MR) is 82.3 cm³/mol. The van der Waals surface area contributed by atoms with Gasteiger partial charge in [0.25, 0.3) is 0 Å². The van der Waals surface area contributed by atoms with E-state index in [9.17, 15) is 0 Å². The van der Waals surface area contributed by atoms with Gasteiger partial charge in [-0.15, -0.1) is 0 Å². The Labute approximate surface area is 119 Å². The van der Waals surface area contributed by atoms with Crippen LogP contribution in [0.5, 0.6) is 0 Å². The van der Waals surface area contributed by atoms with E-state index in [-0.39, 0.29) is 0 Å². The fourth-order valence-electron chi connectivity index (χ4n) is 4.15. The number of piperazine rings is 1. The summed E-state index contributed by atoms with van der Waals surface area (Å²) in [4.78, 5) is 5.40. The van der Waals surface area contributed by atoms with E-state index in [4.69, 9.17) is 5.73 Å². The van der Waals surface area contributed by atoms with Crippen LogP contribution in [0.4, 0.5) is 0 Å². The molecule has 1 aliphatic carbocycles. The number of nitrogens with zero attached hydrogens (tertiary/aromatic N) is 2. The molecule has 2 N–H and O–H groups in total. The summed E-state index contributed by atoms with van der Waals surface area (Å²) in [6.45, 7) is 10.4. The largest absolute Gasteiger partial charge is 0.329 e. The first kappa shape index (κ1) is 15.3. The highest BCUT2D eigenvalue weighted by atomic mass is 15.3. The van der Waals surface area contributed by atoms with Crippen LogP contribution in [0.3, 0.4) is 0 Å². The van der Waals surface area contributed by atoms with Crippen molar-refractivity contribution in [3.8, 4) is 0 Å². The van der Waals surface area contributed by atoms with Crippen molar-refractivity contribution < 1.29 is 0 Å². The molecular weight excluding hydrogens is 234 g/mol. The van der Waals surface area contributed by atoms with E-state index in [1.54, 1.807) is 0 Å². The van der Waals surface area contributed by atoms with Crippen LogP contribution in [0, 0.1) is 5.92 Å². The van der Waals surface area contributed by atoms with Crippen molar-refractivity contribution in [1.82, 2.24) is 9.80 Å². The first-order valence-corrected chi connectivity index (χ1v) is 8.48. The maximum absolute atomic E-state index is 5.88. The van der Waals surface area contributed by atoms with Crippen LogP contribution in [-0.4, -0.2) is 54.6 Å². The molecule has 0 amide bonds. The van der Waals surface area contributed by atoms with Gasteiger partial charge in [0.1, 0.15) is 0 Å². The van der Waals surface area contributed by atoms with E-state index in [2.05, 4.69) is 23.6 Å². The molecule has 0 aromatic heterocycles. The summed E-state index contributed by atoms with van der Waals surface area (Å²) < 4.78 is 0. The fraction of sp³-hybridized carbons (Fsp3) is 1.00. The number of hydrogen-bond donors (Lipinski definition) is 1. The highest BCUT2D eigenvalue weighted by Crippen LogP contribution is 2.31. The monoisotopic (exact) mass is 267 g/mol. The lowest BCUT2D eigenvalue weighted by molar-refractivity contribution is 0.0332. The highest BCUT2D eigenvalue weighted by Gasteiger charge is 2.31. The van der Waals surface area contributed by atoms with Crippen molar-refractivity contribution in [3.63, 3.8) is 0 Å². The van der Waals surface area contributed by atoms with Crippen LogP contribution in [0.25, 0.3) is 0 Å². The molecule has 1 heterocycles. The van der Waals surface area contributed by atoms with E-state index < -0.39 is 0 Å². The summed E-state index contributed by atoms with van der Waals surface area (Å²) >= 11 is 0. The van der Waals surface area contributed by atoms with Crippen molar-refractivity contribution in [2.75, 3.05) is 32.7 Å². The van der Waals surface area contributed by atoms with Crippen molar-refractivity contribution in [3.05, 3.63) is 0 Å². The summed E-state index contributed by atoms with van der Waals surface area (Å²) in [5, 5.41) is 0. The van der Waals surface area contributed by atoms with Gasteiger partial charge in [0.2, 0.25) is 0 Å². The number of hydrogen-bond acceptors (Lipinski definition) is 3. The standard InChI is InChI=1S/C16H33N3/c1-3-14-7-5-6-8-16(14)19-11-9-18(10-12-19)15(4-2)13-17/h14-16H,3-13,17H2,1-2H3. The Morgan fingerprint density at radius 3 is 2.32 bits per heavy atom. The second kappa shape index (κ2) is 7.61. The normalized spacial score (nSPS) is 32.4. The zero-order chi connectivity index (χ0) is 13.7. The highest BCUT2D eigenvalue weighted by molar-refractivity contribution is 4.87. The second-order valence-corrected chi connectivity index (χ2v) is 6.39. The summed E-state index contributed by atoms with van der Waals surface area (Å²) in [5.41, 5.74) is 5.88. The molecule has 0 bridgehead atoms. The maximum Gasteiger partial charge on any atom is 0.0216 e. The van der Waals surface area contributed by atoms with Gasteiger partial charge >= 0.3 is 0 Å². The summed E-state index contributed by atoms with van der Waals surface area (Å²) in [6, 6.07) is 1.48. The maximum atomic E-state index is 5.88. The number of nitrogens with two attached hydrogens (primary N) is 1. The molecule has 3 unspecified atom stereocenters. The quantitative estimate of drug-likeness (QED) is 0.829. The zero-order valence-electron chi connectivity index (χ0n) is 13.0. The van der Waals surface area contributed by atoms with E-state index in [0.717, 1.165) is 18.5 Å². The Morgan fingerprint density at radius 1 is 1.05 bits per heavy atom. The van der Waals surface area contributed by atoms with Crippen LogP contribution in [0.1, 0.15) is 52.4 Å². The van der Waals surface area contributed by atoms with Gasteiger partial charge in [-0.05, 0) is 25.2 Å². The smallest absolute Gasteiger partial charge is 0.0216 e. The molecule has 3 atom stereocenters. The van der Waals surface area contributed by atoms with Crippen molar-refractivity contribution in [1.29, 1.82) is 0 Å². The van der Waals surface area contributed by atoms with Crippen LogP contribution in [-0.2, 0) is 0 Å². The van der Waals surface area contributed by atoms with Gasteiger partial charge in [-0.25, -0.2) is 0 Å². The number of rotatable bonds is 5. The van der Waals surface area contributed by atoms with Gasteiger partial charge in [0, 0.05) is 44.8 Å². The Morgan fingerprint density at radius 2 is 1.74 bits per heavy atom. The molecule has 3 heteroatoms. The predicted octanol–water partition coefficient (Wildman–Crippen LogP) is 2.31. The summed E-state index contributed by atoms with van der Waals surface area (Å²) in [5.74, 6) is 0.955. The topological polar surface area (TPSA) is 32.5 Å². The van der Waals surface area contributed by atoms with E-state index in [1.165, 1.54) is 64.7 Å². The van der Waals surface area contributed by atoms with Crippen LogP contribution in [0.15, 0.2) is 0 Å². The molecule has 0 spiro atoms. The molecular formula is C16H33N3. The lowest BCUT2D eigenvalue weighted by atomic mass is 9.81. The molecule has 2 fully saturated rings. The Hall–Kier alpha value is -0.120. The van der Waals surface area contributed by atoms with E-state index in [0.29, 0.717) is 6.04 Å². The van der Waals surface area contributed by atoms with Gasteiger partial charge < -0.3 is 5.73 Å². The molecule has 1 saturated heterocycles. The van der Waals surface area contributed by atoms with Gasteiger partial charge in [-0.1, -0.05) is 33.1 Å². The molecule has 112 valence electrons. The minimum Gasteiger partial charge on any atom is -0.329 e. The van der Waals surface area contributed by atoms with Crippen LogP contribution >= 0.6 is 0 Å². The molecule has 3 nitrogen and oxygen atoms in total. The minimum atomic E-state index is 0.607. The third-order valence-corrected chi connectivity index (χ3v) is 5.47. The van der Waals surface area contributed by atoms with E-state index in [1.807, 2.05) is 0 Å². The Kier molecular flexibility index (Phi) is 6.11. The lowest BCUT2D eigenvalue weighted by Gasteiger charge is -2.45. The van der Waals surface area contributed by atoms with Gasteiger partial charge in [-0.3, -0.25) is 9.80 Å². The molecule has 0 aromatic carbocycles. The molecule has 19 heavy (non-hydrogen) atoms. The fourth-order valence-corrected chi connectivity index (χ4v) is 4.15. The first-order valence-electron chi connectivity index (χ1n) is 8.48. The van der Waals surface area contributed by atoms with Crippen molar-refractivity contribution in [2.45, 2.75) is 64.5 Å². The summed E-state index contributed by atoms with van der Waals surface area (Å²) in [7, 11) is 0. The lowest BCUT2D eigenvalue weighted by Crippen LogP contribution is -2.56. The molecule has 2 aliphatic rings. The average Bonchev–Trinajstić information content (AvgIpc) is 2.49. The second-order valence-electron chi connectivity index (χ2n) is 6.39. The first-order chi connectivity index (χ1) is 9.30. The van der Waals surface area contributed by atoms with Gasteiger partial charge in [0.15, 0.2) is 0 Å². The average molecular weight is 267 g/mol. The third kappa shape index (κ3) is 3.71. The minimum absolute atomic E-state index is 0.607. The SMILES string of the molecule is CCC1CCCCC1N1CCN(C(CC)CN)CC1. The summed E-state index contributed by atoms with van der Waals surface area (Å²) in [6.07, 6.45) is 8.36. The third-order valence-electron chi connectivity index (χ3n) is 5.47. The Balaban J connectivity index is 1.84. The van der Waals surface area contributed by atoms with Crippen molar-refractivity contribution >= 4 is 0 Å². The molecule has 2 rings (SSSR count). The van der Waals surface area contributed by atoms with Gasteiger partial charge in [-0.2, -0.15) is 0 Å². The zero-order valence-corrected chi connectivity index (χ0v) is 13.0. The van der Waals surface area contributed by atoms with Crippen LogP contribution in [0.2, 0.25) is 0 Å². The van der Waals surface area contributed by atoms with Crippen molar-refractivity contribution in [2.24, 2.45) is 11.7 Å². The molecule has 1 aliphatic heterocycles. The molecule has 0 aromatic rings. The molecule has 1 saturated carbocycles.